The Kier molecular flexibility index (Phi) is 4.46. The van der Waals surface area contributed by atoms with Gasteiger partial charge >= 0.3 is 0 Å². The number of benzene rings is 1. The van der Waals surface area contributed by atoms with Crippen molar-refractivity contribution in [2.45, 2.75) is 0 Å². The van der Waals surface area contributed by atoms with Crippen LogP contribution in [0.4, 0.5) is 21.7 Å². The van der Waals surface area contributed by atoms with E-state index in [1.165, 1.54) is 13.4 Å². The van der Waals surface area contributed by atoms with Gasteiger partial charge in [-0.15, -0.1) is 0 Å². The van der Waals surface area contributed by atoms with E-state index >= 15 is 0 Å². The molecular weight excluding hydrogens is 306 g/mol. The Morgan fingerprint density at radius 2 is 1.75 bits per heavy atom. The van der Waals surface area contributed by atoms with Crippen molar-refractivity contribution in [3.05, 3.63) is 34.3 Å². The van der Waals surface area contributed by atoms with Crippen LogP contribution >= 0.6 is 23.2 Å². The molecule has 2 aromatic rings. The lowest BCUT2D eigenvalue weighted by atomic mass is 10.3. The van der Waals surface area contributed by atoms with Crippen LogP contribution in [0.2, 0.25) is 10.0 Å². The molecule has 0 amide bonds. The van der Waals surface area contributed by atoms with Gasteiger partial charge in [0.25, 0.3) is 0 Å². The highest BCUT2D eigenvalue weighted by atomic mass is 35.5. The number of rotatable bonds is 4. The molecule has 2 N–H and O–H groups in total. The van der Waals surface area contributed by atoms with Gasteiger partial charge in [0.15, 0.2) is 11.6 Å². The maximum absolute atomic E-state index is 13.2. The highest BCUT2D eigenvalue weighted by Crippen LogP contribution is 2.37. The molecule has 0 atom stereocenters. The van der Waals surface area contributed by atoms with Crippen molar-refractivity contribution in [1.29, 1.82) is 0 Å². The summed E-state index contributed by atoms with van der Waals surface area (Å²) in [6, 6.07) is 2.31. The van der Waals surface area contributed by atoms with Crippen molar-refractivity contribution < 1.29 is 9.13 Å². The van der Waals surface area contributed by atoms with E-state index in [0.29, 0.717) is 23.1 Å². The normalized spacial score (nSPS) is 10.2. The van der Waals surface area contributed by atoms with Crippen LogP contribution in [-0.2, 0) is 0 Å². The minimum Gasteiger partial charge on any atom is -0.490 e. The summed E-state index contributed by atoms with van der Waals surface area (Å²) in [6.45, 7) is 0. The summed E-state index contributed by atoms with van der Waals surface area (Å²) in [5.74, 6) is 0.740. The minimum atomic E-state index is -0.517. The van der Waals surface area contributed by atoms with Gasteiger partial charge in [0.05, 0.1) is 22.8 Å². The molecule has 0 spiro atoms. The third kappa shape index (κ3) is 2.86. The Balaban J connectivity index is 2.45. The van der Waals surface area contributed by atoms with Crippen molar-refractivity contribution >= 4 is 40.5 Å². The van der Waals surface area contributed by atoms with Gasteiger partial charge in [-0.1, -0.05) is 23.2 Å². The summed E-state index contributed by atoms with van der Waals surface area (Å²) in [5.41, 5.74) is 0.341. The van der Waals surface area contributed by atoms with Crippen LogP contribution in [0, 0.1) is 5.82 Å². The zero-order valence-corrected chi connectivity index (χ0v) is 12.2. The van der Waals surface area contributed by atoms with E-state index in [-0.39, 0.29) is 10.0 Å². The third-order valence-corrected chi connectivity index (χ3v) is 3.09. The SMILES string of the molecule is CNc1ncnc(Nc2c(Cl)cc(F)cc2Cl)c1OC. The number of aromatic nitrogens is 2. The molecular formula is C12H11Cl2FN4O. The Morgan fingerprint density at radius 1 is 1.15 bits per heavy atom. The van der Waals surface area contributed by atoms with Crippen molar-refractivity contribution in [2.75, 3.05) is 24.8 Å². The number of ether oxygens (including phenoxy) is 1. The summed E-state index contributed by atoms with van der Waals surface area (Å²) in [4.78, 5) is 8.08. The van der Waals surface area contributed by atoms with Crippen molar-refractivity contribution in [2.24, 2.45) is 0 Å². The van der Waals surface area contributed by atoms with Gasteiger partial charge in [0.2, 0.25) is 5.75 Å². The summed E-state index contributed by atoms with van der Waals surface area (Å²) < 4.78 is 18.4. The third-order valence-electron chi connectivity index (χ3n) is 2.50. The lowest BCUT2D eigenvalue weighted by Crippen LogP contribution is -2.04. The summed E-state index contributed by atoms with van der Waals surface area (Å²) >= 11 is 11.9. The number of hydrogen-bond acceptors (Lipinski definition) is 5. The van der Waals surface area contributed by atoms with Gasteiger partial charge in [-0.05, 0) is 12.1 Å². The molecule has 0 saturated carbocycles. The summed E-state index contributed by atoms with van der Waals surface area (Å²) in [6.07, 6.45) is 1.35. The van der Waals surface area contributed by atoms with Gasteiger partial charge in [0, 0.05) is 7.05 Å². The van der Waals surface area contributed by atoms with Crippen LogP contribution in [-0.4, -0.2) is 24.1 Å². The fourth-order valence-electron chi connectivity index (χ4n) is 1.61. The van der Waals surface area contributed by atoms with E-state index in [1.807, 2.05) is 0 Å². The van der Waals surface area contributed by atoms with Crippen LogP contribution < -0.4 is 15.4 Å². The molecule has 0 aliphatic rings. The summed E-state index contributed by atoms with van der Waals surface area (Å²) in [7, 11) is 3.19. The lowest BCUT2D eigenvalue weighted by molar-refractivity contribution is 0.415. The molecule has 106 valence electrons. The first-order valence-corrected chi connectivity index (χ1v) is 6.30. The average Bonchev–Trinajstić information content (AvgIpc) is 2.42. The molecule has 0 saturated heterocycles. The second-order valence-electron chi connectivity index (χ2n) is 3.72. The maximum atomic E-state index is 13.2. The second kappa shape index (κ2) is 6.11. The van der Waals surface area contributed by atoms with E-state index in [4.69, 9.17) is 27.9 Å². The van der Waals surface area contributed by atoms with E-state index in [1.54, 1.807) is 7.05 Å². The second-order valence-corrected chi connectivity index (χ2v) is 4.54. The molecule has 5 nitrogen and oxygen atoms in total. The van der Waals surface area contributed by atoms with Crippen molar-refractivity contribution in [3.8, 4) is 5.75 Å². The Hall–Kier alpha value is -1.79. The molecule has 0 radical (unpaired) electrons. The quantitative estimate of drug-likeness (QED) is 0.900. The van der Waals surface area contributed by atoms with Gasteiger partial charge < -0.3 is 15.4 Å². The molecule has 8 heteroatoms. The van der Waals surface area contributed by atoms with Crippen LogP contribution in [0.25, 0.3) is 0 Å². The maximum Gasteiger partial charge on any atom is 0.204 e. The molecule has 1 aromatic heterocycles. The number of anilines is 3. The highest BCUT2D eigenvalue weighted by molar-refractivity contribution is 6.39. The molecule has 0 aliphatic carbocycles. The Morgan fingerprint density at radius 3 is 2.30 bits per heavy atom. The predicted molar refractivity (Wildman–Crippen MR) is 77.8 cm³/mol. The zero-order valence-electron chi connectivity index (χ0n) is 10.7. The van der Waals surface area contributed by atoms with Crippen LogP contribution in [0.3, 0.4) is 0 Å². The molecule has 0 aliphatic heterocycles. The molecule has 1 aromatic carbocycles. The monoisotopic (exact) mass is 316 g/mol. The zero-order chi connectivity index (χ0) is 14.7. The molecule has 0 unspecified atom stereocenters. The number of halogens is 3. The first-order valence-electron chi connectivity index (χ1n) is 5.55. The minimum absolute atomic E-state index is 0.140. The smallest absolute Gasteiger partial charge is 0.204 e. The summed E-state index contributed by atoms with van der Waals surface area (Å²) in [5, 5.41) is 6.07. The Bertz CT molecular complexity index is 616. The molecule has 2 rings (SSSR count). The number of methoxy groups -OCH3 is 1. The van der Waals surface area contributed by atoms with Crippen LogP contribution in [0.5, 0.6) is 5.75 Å². The predicted octanol–water partition coefficient (Wildman–Crippen LogP) is 3.72. The van der Waals surface area contributed by atoms with Crippen molar-refractivity contribution in [1.82, 2.24) is 9.97 Å². The van der Waals surface area contributed by atoms with E-state index < -0.39 is 5.82 Å². The fraction of sp³-hybridized carbons (Fsp3) is 0.167. The van der Waals surface area contributed by atoms with Crippen LogP contribution in [0.15, 0.2) is 18.5 Å². The average molecular weight is 317 g/mol. The van der Waals surface area contributed by atoms with Gasteiger partial charge in [0.1, 0.15) is 12.1 Å². The molecule has 0 bridgehead atoms. The largest absolute Gasteiger partial charge is 0.490 e. The number of hydrogen-bond donors (Lipinski definition) is 2. The van der Waals surface area contributed by atoms with Crippen molar-refractivity contribution in [3.63, 3.8) is 0 Å². The highest BCUT2D eigenvalue weighted by Gasteiger charge is 2.15. The molecule has 0 fully saturated rings. The van der Waals surface area contributed by atoms with E-state index in [2.05, 4.69) is 20.6 Å². The van der Waals surface area contributed by atoms with Gasteiger partial charge in [-0.2, -0.15) is 0 Å². The molecule has 1 heterocycles. The number of nitrogens with zero attached hydrogens (tertiary/aromatic N) is 2. The fourth-order valence-corrected chi connectivity index (χ4v) is 2.17. The lowest BCUT2D eigenvalue weighted by Gasteiger charge is -2.14. The van der Waals surface area contributed by atoms with Gasteiger partial charge in [-0.3, -0.25) is 0 Å². The first-order chi connectivity index (χ1) is 9.56. The van der Waals surface area contributed by atoms with Crippen LogP contribution in [0.1, 0.15) is 0 Å². The molecule has 20 heavy (non-hydrogen) atoms. The Labute approximate surface area is 125 Å². The number of nitrogens with one attached hydrogen (secondary N) is 2. The van der Waals surface area contributed by atoms with E-state index in [9.17, 15) is 4.39 Å². The van der Waals surface area contributed by atoms with Gasteiger partial charge in [-0.25, -0.2) is 14.4 Å². The van der Waals surface area contributed by atoms with E-state index in [0.717, 1.165) is 12.1 Å². The first kappa shape index (κ1) is 14.6. The topological polar surface area (TPSA) is 59.1 Å². The standard InChI is InChI=1S/C12H11Cl2FN4O/c1-16-11-10(20-2)12(18-5-17-11)19-9-7(13)3-6(15)4-8(9)14/h3-5H,1-2H3,(H2,16,17,18,19).